The van der Waals surface area contributed by atoms with Crippen LogP contribution in [0, 0.1) is 23.2 Å². The average Bonchev–Trinajstić information content (AvgIpc) is 2.00. The van der Waals surface area contributed by atoms with Crippen LogP contribution in [0.15, 0.2) is 0 Å². The molecule has 0 radical (unpaired) electrons. The van der Waals surface area contributed by atoms with Crippen LogP contribution in [-0.2, 0) is 0 Å². The second-order valence-electron chi connectivity index (χ2n) is 3.69. The summed E-state index contributed by atoms with van der Waals surface area (Å²) in [5.74, 6) is 0.606. The minimum absolute atomic E-state index is 0.126. The van der Waals surface area contributed by atoms with Gasteiger partial charge < -0.3 is 5.11 Å². The van der Waals surface area contributed by atoms with Crippen LogP contribution in [0.1, 0.15) is 33.1 Å². The van der Waals surface area contributed by atoms with Crippen LogP contribution in [0.2, 0.25) is 0 Å². The first-order valence-corrected chi connectivity index (χ1v) is 4.24. The van der Waals surface area contributed by atoms with Gasteiger partial charge in [-0.15, -0.1) is 0 Å². The van der Waals surface area contributed by atoms with Crippen molar-refractivity contribution in [1.82, 2.24) is 0 Å². The fraction of sp³-hybridized carbons (Fsp3) is 0.889. The van der Waals surface area contributed by atoms with E-state index in [1.165, 1.54) is 0 Å². The van der Waals surface area contributed by atoms with E-state index in [1.54, 1.807) is 0 Å². The highest BCUT2D eigenvalue weighted by atomic mass is 16.3. The van der Waals surface area contributed by atoms with E-state index < -0.39 is 5.60 Å². The standard InChI is InChI=1S/C9H15NO/c1-7-4-3-5-9(11,6-10)8(7)2/h7-8,11H,3-5H2,1-2H3. The second kappa shape index (κ2) is 2.83. The summed E-state index contributed by atoms with van der Waals surface area (Å²) >= 11 is 0. The van der Waals surface area contributed by atoms with E-state index in [4.69, 9.17) is 5.26 Å². The Balaban J connectivity index is 2.74. The predicted molar refractivity (Wildman–Crippen MR) is 42.7 cm³/mol. The third-order valence-electron chi connectivity index (χ3n) is 3.02. The number of aliphatic hydroxyl groups is 1. The van der Waals surface area contributed by atoms with Crippen molar-refractivity contribution in [3.8, 4) is 6.07 Å². The van der Waals surface area contributed by atoms with Gasteiger partial charge in [0.15, 0.2) is 5.60 Å². The van der Waals surface area contributed by atoms with Crippen molar-refractivity contribution in [2.45, 2.75) is 38.7 Å². The zero-order valence-electron chi connectivity index (χ0n) is 7.17. The maximum Gasteiger partial charge on any atom is 0.153 e. The maximum atomic E-state index is 9.76. The van der Waals surface area contributed by atoms with Crippen LogP contribution < -0.4 is 0 Å². The van der Waals surface area contributed by atoms with Crippen LogP contribution in [0.25, 0.3) is 0 Å². The van der Waals surface area contributed by atoms with Gasteiger partial charge in [0, 0.05) is 5.92 Å². The Morgan fingerprint density at radius 2 is 2.18 bits per heavy atom. The van der Waals surface area contributed by atoms with E-state index in [1.807, 2.05) is 13.0 Å². The molecule has 11 heavy (non-hydrogen) atoms. The summed E-state index contributed by atoms with van der Waals surface area (Å²) in [4.78, 5) is 0. The zero-order chi connectivity index (χ0) is 8.48. The molecule has 1 saturated carbocycles. The summed E-state index contributed by atoms with van der Waals surface area (Å²) in [7, 11) is 0. The fourth-order valence-corrected chi connectivity index (χ4v) is 1.80. The van der Waals surface area contributed by atoms with Crippen molar-refractivity contribution in [2.75, 3.05) is 0 Å². The molecule has 0 saturated heterocycles. The van der Waals surface area contributed by atoms with Gasteiger partial charge in [0.1, 0.15) is 0 Å². The average molecular weight is 153 g/mol. The third-order valence-corrected chi connectivity index (χ3v) is 3.02. The summed E-state index contributed by atoms with van der Waals surface area (Å²) in [6.45, 7) is 4.07. The van der Waals surface area contributed by atoms with Crippen LogP contribution in [-0.4, -0.2) is 10.7 Å². The Morgan fingerprint density at radius 3 is 2.64 bits per heavy atom. The first-order chi connectivity index (χ1) is 5.10. The van der Waals surface area contributed by atoms with Crippen LogP contribution in [0.3, 0.4) is 0 Å². The van der Waals surface area contributed by atoms with Gasteiger partial charge in [0.2, 0.25) is 0 Å². The SMILES string of the molecule is CC1CCCC(O)(C#N)C1C. The molecule has 0 spiro atoms. The van der Waals surface area contributed by atoms with E-state index >= 15 is 0 Å². The molecule has 0 aromatic carbocycles. The number of rotatable bonds is 0. The molecule has 1 N–H and O–H groups in total. The van der Waals surface area contributed by atoms with Crippen molar-refractivity contribution in [3.63, 3.8) is 0 Å². The largest absolute Gasteiger partial charge is 0.375 e. The van der Waals surface area contributed by atoms with Crippen molar-refractivity contribution in [3.05, 3.63) is 0 Å². The molecular formula is C9H15NO. The normalized spacial score (nSPS) is 44.9. The predicted octanol–water partition coefficient (Wildman–Crippen LogP) is 1.70. The lowest BCUT2D eigenvalue weighted by Gasteiger charge is -2.36. The Labute approximate surface area is 67.8 Å². The topological polar surface area (TPSA) is 44.0 Å². The van der Waals surface area contributed by atoms with Gasteiger partial charge in [0.05, 0.1) is 6.07 Å². The van der Waals surface area contributed by atoms with Crippen molar-refractivity contribution >= 4 is 0 Å². The minimum atomic E-state index is -1.04. The van der Waals surface area contributed by atoms with E-state index in [2.05, 4.69) is 6.92 Å². The molecule has 2 heteroatoms. The number of hydrogen-bond acceptors (Lipinski definition) is 2. The smallest absolute Gasteiger partial charge is 0.153 e. The monoisotopic (exact) mass is 153 g/mol. The van der Waals surface area contributed by atoms with Crippen molar-refractivity contribution < 1.29 is 5.11 Å². The highest BCUT2D eigenvalue weighted by Gasteiger charge is 2.39. The molecule has 0 bridgehead atoms. The highest BCUT2D eigenvalue weighted by Crippen LogP contribution is 2.36. The van der Waals surface area contributed by atoms with E-state index in [-0.39, 0.29) is 5.92 Å². The second-order valence-corrected chi connectivity index (χ2v) is 3.69. The molecule has 1 aliphatic rings. The number of nitrogens with zero attached hydrogens (tertiary/aromatic N) is 1. The molecule has 1 rings (SSSR count). The Kier molecular flexibility index (Phi) is 2.20. The molecule has 62 valence electrons. The third kappa shape index (κ3) is 1.39. The summed E-state index contributed by atoms with van der Waals surface area (Å²) in [6, 6.07) is 2.02. The summed E-state index contributed by atoms with van der Waals surface area (Å²) in [5.41, 5.74) is -1.04. The molecule has 1 fully saturated rings. The van der Waals surface area contributed by atoms with Gasteiger partial charge in [-0.3, -0.25) is 0 Å². The molecule has 3 atom stereocenters. The summed E-state index contributed by atoms with van der Waals surface area (Å²) in [6.07, 6.45) is 2.77. The molecule has 0 aromatic heterocycles. The van der Waals surface area contributed by atoms with E-state index in [0.29, 0.717) is 12.3 Å². The maximum absolute atomic E-state index is 9.76. The first-order valence-electron chi connectivity index (χ1n) is 4.24. The molecule has 0 heterocycles. The Hall–Kier alpha value is -0.550. The van der Waals surface area contributed by atoms with Gasteiger partial charge in [-0.05, 0) is 18.8 Å². The van der Waals surface area contributed by atoms with E-state index in [9.17, 15) is 5.11 Å². The minimum Gasteiger partial charge on any atom is -0.375 e. The van der Waals surface area contributed by atoms with Gasteiger partial charge >= 0.3 is 0 Å². The van der Waals surface area contributed by atoms with Gasteiger partial charge in [0.25, 0.3) is 0 Å². The van der Waals surface area contributed by atoms with Crippen LogP contribution in [0.5, 0.6) is 0 Å². The van der Waals surface area contributed by atoms with Gasteiger partial charge in [-0.25, -0.2) is 0 Å². The Morgan fingerprint density at radius 1 is 1.55 bits per heavy atom. The molecule has 3 unspecified atom stereocenters. The quantitative estimate of drug-likeness (QED) is 0.538. The van der Waals surface area contributed by atoms with Crippen molar-refractivity contribution in [2.24, 2.45) is 11.8 Å². The molecule has 0 amide bonds. The fourth-order valence-electron chi connectivity index (χ4n) is 1.80. The van der Waals surface area contributed by atoms with Gasteiger partial charge in [-0.1, -0.05) is 20.3 Å². The van der Waals surface area contributed by atoms with Crippen LogP contribution >= 0.6 is 0 Å². The number of hydrogen-bond donors (Lipinski definition) is 1. The summed E-state index contributed by atoms with van der Waals surface area (Å²) < 4.78 is 0. The molecule has 2 nitrogen and oxygen atoms in total. The lowest BCUT2D eigenvalue weighted by Crippen LogP contribution is -2.41. The van der Waals surface area contributed by atoms with Crippen molar-refractivity contribution in [1.29, 1.82) is 5.26 Å². The lowest BCUT2D eigenvalue weighted by atomic mass is 9.71. The Bertz CT molecular complexity index is 184. The molecule has 0 aromatic rings. The first kappa shape index (κ1) is 8.55. The lowest BCUT2D eigenvalue weighted by molar-refractivity contribution is -0.0147. The zero-order valence-corrected chi connectivity index (χ0v) is 7.17. The molecular weight excluding hydrogens is 138 g/mol. The molecule has 1 aliphatic carbocycles. The molecule has 0 aliphatic heterocycles. The van der Waals surface area contributed by atoms with Gasteiger partial charge in [-0.2, -0.15) is 5.26 Å². The number of nitriles is 1. The van der Waals surface area contributed by atoms with Crippen LogP contribution in [0.4, 0.5) is 0 Å². The highest BCUT2D eigenvalue weighted by molar-refractivity contribution is 5.06. The van der Waals surface area contributed by atoms with E-state index in [0.717, 1.165) is 12.8 Å². The summed E-state index contributed by atoms with van der Waals surface area (Å²) in [5, 5.41) is 18.5.